The molecule has 2 aliphatic rings. The number of likely N-dealkylation sites (tertiary alicyclic amines) is 1. The minimum atomic E-state index is -0.308. The summed E-state index contributed by atoms with van der Waals surface area (Å²) in [5.74, 6) is 0. The lowest BCUT2D eigenvalue weighted by Crippen LogP contribution is -2.39. The maximum atomic E-state index is 10.9. The molecule has 2 saturated heterocycles. The van der Waals surface area contributed by atoms with Gasteiger partial charge in [-0.1, -0.05) is 0 Å². The molecular weight excluding hydrogens is 266 g/mol. The smallest absolute Gasteiger partial charge is 0.272 e. The maximum Gasteiger partial charge on any atom is 0.272 e. The molecule has 1 aromatic rings. The fourth-order valence-electron chi connectivity index (χ4n) is 3.79. The first kappa shape index (κ1) is 14.3. The number of rotatable bonds is 3. The zero-order valence-electron chi connectivity index (χ0n) is 12.8. The van der Waals surface area contributed by atoms with Gasteiger partial charge in [-0.3, -0.25) is 15.0 Å². The van der Waals surface area contributed by atoms with Crippen molar-refractivity contribution in [2.75, 3.05) is 24.5 Å². The van der Waals surface area contributed by atoms with Crippen LogP contribution in [0.5, 0.6) is 0 Å². The van der Waals surface area contributed by atoms with Crippen molar-refractivity contribution in [1.29, 1.82) is 0 Å². The van der Waals surface area contributed by atoms with Gasteiger partial charge in [-0.05, 0) is 51.8 Å². The molecule has 1 aromatic carbocycles. The third-order valence-corrected chi connectivity index (χ3v) is 4.98. The Bertz CT molecular complexity index is 546. The number of hydrogen-bond donors (Lipinski definition) is 0. The second kappa shape index (κ2) is 5.64. The molecule has 2 atom stereocenters. The van der Waals surface area contributed by atoms with Gasteiger partial charge in [0.15, 0.2) is 0 Å². The average Bonchev–Trinajstić information content (AvgIpc) is 3.06. The van der Waals surface area contributed by atoms with Crippen LogP contribution in [0.2, 0.25) is 0 Å². The van der Waals surface area contributed by atoms with Crippen molar-refractivity contribution in [3.8, 4) is 0 Å². The average molecular weight is 289 g/mol. The van der Waals surface area contributed by atoms with E-state index < -0.39 is 0 Å². The SMILES string of the molecule is Cc1cc(N2CC[C@H](N3CCC[C@@H]3C)C2)ccc1[N+](=O)[O-]. The van der Waals surface area contributed by atoms with Gasteiger partial charge in [0.05, 0.1) is 4.92 Å². The number of benzene rings is 1. The Morgan fingerprint density at radius 2 is 2.10 bits per heavy atom. The van der Waals surface area contributed by atoms with Crippen molar-refractivity contribution < 1.29 is 4.92 Å². The molecule has 0 radical (unpaired) electrons. The first-order valence-electron chi connectivity index (χ1n) is 7.82. The van der Waals surface area contributed by atoms with Crippen LogP contribution in [-0.2, 0) is 0 Å². The van der Waals surface area contributed by atoms with Crippen molar-refractivity contribution in [3.63, 3.8) is 0 Å². The number of aryl methyl sites for hydroxylation is 1. The van der Waals surface area contributed by atoms with Crippen molar-refractivity contribution in [2.45, 2.75) is 45.2 Å². The molecule has 2 fully saturated rings. The molecule has 0 spiro atoms. The van der Waals surface area contributed by atoms with E-state index in [1.165, 1.54) is 25.8 Å². The highest BCUT2D eigenvalue weighted by atomic mass is 16.6. The van der Waals surface area contributed by atoms with E-state index in [0.717, 1.165) is 24.3 Å². The van der Waals surface area contributed by atoms with Crippen LogP contribution < -0.4 is 4.90 Å². The molecular formula is C16H23N3O2. The van der Waals surface area contributed by atoms with Gasteiger partial charge in [-0.2, -0.15) is 0 Å². The molecule has 3 rings (SSSR count). The van der Waals surface area contributed by atoms with E-state index in [1.807, 2.05) is 19.1 Å². The Hall–Kier alpha value is -1.62. The van der Waals surface area contributed by atoms with E-state index in [9.17, 15) is 10.1 Å². The quantitative estimate of drug-likeness (QED) is 0.634. The lowest BCUT2D eigenvalue weighted by Gasteiger charge is -2.28. The highest BCUT2D eigenvalue weighted by Gasteiger charge is 2.33. The van der Waals surface area contributed by atoms with E-state index >= 15 is 0 Å². The summed E-state index contributed by atoms with van der Waals surface area (Å²) in [6.45, 7) is 7.45. The predicted molar refractivity (Wildman–Crippen MR) is 83.9 cm³/mol. The second-order valence-corrected chi connectivity index (χ2v) is 6.35. The zero-order chi connectivity index (χ0) is 15.0. The van der Waals surface area contributed by atoms with Crippen LogP contribution in [0.4, 0.5) is 11.4 Å². The summed E-state index contributed by atoms with van der Waals surface area (Å²) in [4.78, 5) is 15.6. The van der Waals surface area contributed by atoms with Crippen LogP contribution in [0.3, 0.4) is 0 Å². The molecule has 0 amide bonds. The highest BCUT2D eigenvalue weighted by molar-refractivity contribution is 5.56. The van der Waals surface area contributed by atoms with Gasteiger partial charge in [0.25, 0.3) is 5.69 Å². The number of nitro benzene ring substituents is 1. The number of nitro groups is 1. The van der Waals surface area contributed by atoms with Gasteiger partial charge < -0.3 is 4.90 Å². The maximum absolute atomic E-state index is 10.9. The molecule has 5 heteroatoms. The van der Waals surface area contributed by atoms with Gasteiger partial charge in [0, 0.05) is 42.5 Å². The minimum absolute atomic E-state index is 0.211. The van der Waals surface area contributed by atoms with Crippen molar-refractivity contribution in [3.05, 3.63) is 33.9 Å². The summed E-state index contributed by atoms with van der Waals surface area (Å²) in [6.07, 6.45) is 3.82. The summed E-state index contributed by atoms with van der Waals surface area (Å²) in [5, 5.41) is 10.9. The molecule has 2 heterocycles. The monoisotopic (exact) mass is 289 g/mol. The number of nitrogens with zero attached hydrogens (tertiary/aromatic N) is 3. The third kappa shape index (κ3) is 2.75. The van der Waals surface area contributed by atoms with Crippen molar-refractivity contribution in [2.24, 2.45) is 0 Å². The zero-order valence-corrected chi connectivity index (χ0v) is 12.8. The first-order valence-corrected chi connectivity index (χ1v) is 7.82. The predicted octanol–water partition coefficient (Wildman–Crippen LogP) is 2.97. The summed E-state index contributed by atoms with van der Waals surface area (Å²) < 4.78 is 0. The molecule has 21 heavy (non-hydrogen) atoms. The third-order valence-electron chi connectivity index (χ3n) is 4.98. The first-order chi connectivity index (χ1) is 10.1. The Kier molecular flexibility index (Phi) is 3.85. The van der Waals surface area contributed by atoms with Crippen LogP contribution in [0.25, 0.3) is 0 Å². The van der Waals surface area contributed by atoms with Gasteiger partial charge in [-0.15, -0.1) is 0 Å². The Balaban J connectivity index is 1.71. The Labute approximate surface area is 125 Å². The molecule has 5 nitrogen and oxygen atoms in total. The lowest BCUT2D eigenvalue weighted by atomic mass is 10.1. The highest BCUT2D eigenvalue weighted by Crippen LogP contribution is 2.30. The van der Waals surface area contributed by atoms with Crippen molar-refractivity contribution >= 4 is 11.4 Å². The van der Waals surface area contributed by atoms with Crippen LogP contribution >= 0.6 is 0 Å². The molecule has 0 aromatic heterocycles. The van der Waals surface area contributed by atoms with Crippen molar-refractivity contribution in [1.82, 2.24) is 4.90 Å². The molecule has 0 unspecified atom stereocenters. The number of anilines is 1. The minimum Gasteiger partial charge on any atom is -0.370 e. The lowest BCUT2D eigenvalue weighted by molar-refractivity contribution is -0.385. The van der Waals surface area contributed by atoms with E-state index in [-0.39, 0.29) is 10.6 Å². The molecule has 2 aliphatic heterocycles. The van der Waals surface area contributed by atoms with E-state index in [2.05, 4.69) is 16.7 Å². The van der Waals surface area contributed by atoms with Crippen LogP contribution in [0.15, 0.2) is 18.2 Å². The summed E-state index contributed by atoms with van der Waals surface area (Å²) in [7, 11) is 0. The standard InChI is InChI=1S/C16H23N3O2/c1-12-10-14(5-6-16(12)19(20)21)17-9-7-15(11-17)18-8-3-4-13(18)2/h5-6,10,13,15H,3-4,7-9,11H2,1-2H3/t13-,15-/m0/s1. The van der Waals surface area contributed by atoms with Gasteiger partial charge >= 0.3 is 0 Å². The van der Waals surface area contributed by atoms with Gasteiger partial charge in [0.2, 0.25) is 0 Å². The van der Waals surface area contributed by atoms with Crippen LogP contribution in [0.1, 0.15) is 31.7 Å². The van der Waals surface area contributed by atoms with E-state index in [4.69, 9.17) is 0 Å². The second-order valence-electron chi connectivity index (χ2n) is 6.35. The van der Waals surface area contributed by atoms with Crippen LogP contribution in [-0.4, -0.2) is 41.5 Å². The van der Waals surface area contributed by atoms with Gasteiger partial charge in [-0.25, -0.2) is 0 Å². The summed E-state index contributed by atoms with van der Waals surface area (Å²) >= 11 is 0. The van der Waals surface area contributed by atoms with E-state index in [1.54, 1.807) is 6.07 Å². The normalized spacial score (nSPS) is 26.5. The molecule has 0 N–H and O–H groups in total. The largest absolute Gasteiger partial charge is 0.370 e. The molecule has 0 aliphatic carbocycles. The molecule has 114 valence electrons. The Morgan fingerprint density at radius 1 is 1.29 bits per heavy atom. The van der Waals surface area contributed by atoms with Gasteiger partial charge in [0.1, 0.15) is 0 Å². The Morgan fingerprint density at radius 3 is 2.71 bits per heavy atom. The van der Waals surface area contributed by atoms with E-state index in [0.29, 0.717) is 12.1 Å². The fourth-order valence-corrected chi connectivity index (χ4v) is 3.79. The molecule has 0 bridgehead atoms. The summed E-state index contributed by atoms with van der Waals surface area (Å²) in [6, 6.07) is 6.82. The molecule has 0 saturated carbocycles. The fraction of sp³-hybridized carbons (Fsp3) is 0.625. The van der Waals surface area contributed by atoms with Crippen LogP contribution in [0, 0.1) is 17.0 Å². The summed E-state index contributed by atoms with van der Waals surface area (Å²) in [5.41, 5.74) is 2.07. The number of hydrogen-bond acceptors (Lipinski definition) is 4. The topological polar surface area (TPSA) is 49.6 Å².